The van der Waals surface area contributed by atoms with Gasteiger partial charge in [-0.05, 0) is 56.0 Å². The van der Waals surface area contributed by atoms with E-state index in [0.29, 0.717) is 55.5 Å². The first-order valence-corrected chi connectivity index (χ1v) is 20.7. The normalized spacial score (nSPS) is 15.8. The van der Waals surface area contributed by atoms with Crippen LogP contribution in [0.25, 0.3) is 16.7 Å². The van der Waals surface area contributed by atoms with Crippen molar-refractivity contribution in [1.29, 1.82) is 0 Å². The Hall–Kier alpha value is -6.36. The molecule has 1 saturated heterocycles. The highest BCUT2D eigenvalue weighted by atomic mass is 19.1. The first-order valence-electron chi connectivity index (χ1n) is 20.7. The summed E-state index contributed by atoms with van der Waals surface area (Å²) in [6, 6.07) is 10.8. The zero-order valence-electron chi connectivity index (χ0n) is 35.5. The number of aryl methyl sites for hydroxylation is 1. The lowest BCUT2D eigenvalue weighted by atomic mass is 10.0. The molecule has 2 unspecified atom stereocenters. The van der Waals surface area contributed by atoms with Crippen LogP contribution in [0.4, 0.5) is 24.7 Å². The van der Waals surface area contributed by atoms with Crippen LogP contribution >= 0.6 is 0 Å². The van der Waals surface area contributed by atoms with Crippen molar-refractivity contribution in [2.45, 2.75) is 71.5 Å². The average Bonchev–Trinajstić information content (AvgIpc) is 3.85. The van der Waals surface area contributed by atoms with Gasteiger partial charge in [-0.2, -0.15) is 0 Å². The van der Waals surface area contributed by atoms with Crippen LogP contribution in [0.5, 0.6) is 0 Å². The van der Waals surface area contributed by atoms with Gasteiger partial charge in [-0.25, -0.2) is 18.2 Å². The van der Waals surface area contributed by atoms with Crippen LogP contribution in [-0.4, -0.2) is 101 Å². The van der Waals surface area contributed by atoms with E-state index in [1.165, 1.54) is 35.9 Å². The zero-order chi connectivity index (χ0) is 44.9. The van der Waals surface area contributed by atoms with E-state index in [-0.39, 0.29) is 77.3 Å². The third-order valence-corrected chi connectivity index (χ3v) is 11.4. The lowest BCUT2D eigenvalue weighted by Gasteiger charge is -2.36. The fraction of sp³-hybridized carbons (Fsp3) is 0.400. The standard InChI is InChI=1S/C45H51F3N8O6/c1-27(2)41(51-37(57)9-7-6-8-19-54-39(59)16-17-40(54)60)45(62)49-23-38(58)50-31-13-10-29(11-14-31)26-56(4,5)32-18-20-53(25-32)44-35(48)22-33-42(61)28(3)24-55(43(33)52-44)36-15-12-30(46)21-34(36)47/h10-17,21-22,24,27,32,41H,6-9,18-20,23,25-26H2,1-5H3,(H2-,49,50,51,57,58,62)/p+1. The number of fused-ring (bicyclic) bond motifs is 1. The maximum Gasteiger partial charge on any atom is 0.253 e. The molecule has 0 saturated carbocycles. The highest BCUT2D eigenvalue weighted by Gasteiger charge is 2.37. The number of benzene rings is 2. The minimum Gasteiger partial charge on any atom is -0.348 e. The topological polar surface area (TPSA) is 163 Å². The number of pyridine rings is 2. The minimum absolute atomic E-state index is 0.0137. The van der Waals surface area contributed by atoms with Gasteiger partial charge in [-0.15, -0.1) is 0 Å². The Labute approximate surface area is 357 Å². The summed E-state index contributed by atoms with van der Waals surface area (Å²) in [5.41, 5.74) is 1.37. The molecule has 0 radical (unpaired) electrons. The van der Waals surface area contributed by atoms with Gasteiger partial charge < -0.3 is 25.3 Å². The van der Waals surface area contributed by atoms with Crippen molar-refractivity contribution in [3.8, 4) is 5.69 Å². The van der Waals surface area contributed by atoms with E-state index in [2.05, 4.69) is 35.0 Å². The van der Waals surface area contributed by atoms with E-state index < -0.39 is 40.7 Å². The molecule has 2 aromatic heterocycles. The van der Waals surface area contributed by atoms with Crippen molar-refractivity contribution in [2.75, 3.05) is 50.5 Å². The molecule has 0 aliphatic carbocycles. The van der Waals surface area contributed by atoms with Crippen molar-refractivity contribution in [1.82, 2.24) is 25.1 Å². The summed E-state index contributed by atoms with van der Waals surface area (Å²) in [7, 11) is 4.15. The fourth-order valence-electron chi connectivity index (χ4n) is 7.87. The molecule has 5 amide bonds. The lowest BCUT2D eigenvalue weighted by molar-refractivity contribution is -0.925. The van der Waals surface area contributed by atoms with E-state index in [4.69, 9.17) is 0 Å². The predicted octanol–water partition coefficient (Wildman–Crippen LogP) is 4.65. The van der Waals surface area contributed by atoms with Crippen LogP contribution in [0.1, 0.15) is 57.1 Å². The number of aromatic nitrogens is 2. The molecular formula is C45H52F3N8O6+. The molecule has 4 aromatic rings. The first-order chi connectivity index (χ1) is 29.4. The van der Waals surface area contributed by atoms with Gasteiger partial charge in [0.05, 0.1) is 38.3 Å². The number of nitrogens with one attached hydrogen (secondary N) is 3. The van der Waals surface area contributed by atoms with Gasteiger partial charge in [0, 0.05) is 67.2 Å². The Morgan fingerprint density at radius 3 is 2.29 bits per heavy atom. The molecule has 0 spiro atoms. The van der Waals surface area contributed by atoms with Gasteiger partial charge >= 0.3 is 0 Å². The van der Waals surface area contributed by atoms with E-state index in [9.17, 15) is 37.5 Å². The molecule has 4 heterocycles. The largest absolute Gasteiger partial charge is 0.348 e. The second-order valence-corrected chi connectivity index (χ2v) is 16.8. The number of carbonyl (C=O) groups is 5. The Balaban J connectivity index is 0.987. The van der Waals surface area contributed by atoms with Gasteiger partial charge in [0.25, 0.3) is 11.8 Å². The second kappa shape index (κ2) is 19.1. The van der Waals surface area contributed by atoms with Crippen LogP contribution in [0, 0.1) is 30.3 Å². The van der Waals surface area contributed by atoms with Crippen LogP contribution < -0.4 is 26.3 Å². The number of quaternary nitrogens is 1. The molecule has 6 rings (SSSR count). The molecule has 0 bridgehead atoms. The number of hydrogen-bond acceptors (Lipinski definition) is 8. The molecule has 3 N–H and O–H groups in total. The molecule has 17 heteroatoms. The summed E-state index contributed by atoms with van der Waals surface area (Å²) in [5, 5.41) is 8.12. The number of halogens is 3. The number of amides is 5. The summed E-state index contributed by atoms with van der Waals surface area (Å²) in [4.78, 5) is 82.3. The van der Waals surface area contributed by atoms with Gasteiger partial charge in [0.15, 0.2) is 22.7 Å². The van der Waals surface area contributed by atoms with Gasteiger partial charge in [-0.3, -0.25) is 38.2 Å². The molecule has 2 aliphatic rings. The quantitative estimate of drug-likeness (QED) is 0.0786. The maximum absolute atomic E-state index is 15.7. The van der Waals surface area contributed by atoms with Crippen molar-refractivity contribution in [2.24, 2.45) is 5.92 Å². The third kappa shape index (κ3) is 10.6. The number of imide groups is 1. The fourth-order valence-corrected chi connectivity index (χ4v) is 7.87. The Morgan fingerprint density at radius 1 is 0.903 bits per heavy atom. The highest BCUT2D eigenvalue weighted by molar-refractivity contribution is 6.12. The van der Waals surface area contributed by atoms with Crippen molar-refractivity contribution in [3.63, 3.8) is 0 Å². The molecule has 1 fully saturated rings. The lowest BCUT2D eigenvalue weighted by Crippen LogP contribution is -2.51. The SMILES string of the molecule is Cc1cn(-c2ccc(F)cc2F)c2nc(N3CCC([N+](C)(C)Cc4ccc(NC(=O)CNC(=O)C(NC(=O)CCCCCN5C(=O)C=CC5=O)C(C)C)cc4)C3)c(F)cc2c1=O. The summed E-state index contributed by atoms with van der Waals surface area (Å²) < 4.78 is 46.3. The Kier molecular flexibility index (Phi) is 13.9. The predicted molar refractivity (Wildman–Crippen MR) is 228 cm³/mol. The number of carbonyl (C=O) groups excluding carboxylic acids is 5. The summed E-state index contributed by atoms with van der Waals surface area (Å²) in [6.07, 6.45) is 6.46. The van der Waals surface area contributed by atoms with E-state index in [1.54, 1.807) is 26.0 Å². The number of nitrogens with zero attached hydrogens (tertiary/aromatic N) is 5. The van der Waals surface area contributed by atoms with E-state index >= 15 is 4.39 Å². The molecule has 2 aromatic carbocycles. The van der Waals surface area contributed by atoms with Gasteiger partial charge in [-0.1, -0.05) is 32.4 Å². The Bertz CT molecular complexity index is 2450. The smallest absolute Gasteiger partial charge is 0.253 e. The van der Waals surface area contributed by atoms with Crippen molar-refractivity contribution < 1.29 is 41.6 Å². The molecule has 62 heavy (non-hydrogen) atoms. The van der Waals surface area contributed by atoms with Crippen LogP contribution in [0.2, 0.25) is 0 Å². The zero-order valence-corrected chi connectivity index (χ0v) is 35.5. The second-order valence-electron chi connectivity index (χ2n) is 16.8. The summed E-state index contributed by atoms with van der Waals surface area (Å²) in [5.74, 6) is -4.42. The van der Waals surface area contributed by atoms with Crippen LogP contribution in [0.3, 0.4) is 0 Å². The number of likely N-dealkylation sites (N-methyl/N-ethyl adjacent to an activating group) is 1. The summed E-state index contributed by atoms with van der Waals surface area (Å²) >= 11 is 0. The molecular weight excluding hydrogens is 806 g/mol. The van der Waals surface area contributed by atoms with E-state index in [1.807, 2.05) is 17.0 Å². The average molecular weight is 858 g/mol. The Morgan fingerprint density at radius 2 is 1.61 bits per heavy atom. The molecule has 2 atom stereocenters. The van der Waals surface area contributed by atoms with Gasteiger partial charge in [0.1, 0.15) is 30.3 Å². The highest BCUT2D eigenvalue weighted by Crippen LogP contribution is 2.30. The van der Waals surface area contributed by atoms with E-state index in [0.717, 1.165) is 28.7 Å². The van der Waals surface area contributed by atoms with Crippen LogP contribution in [0.15, 0.2) is 71.7 Å². The van der Waals surface area contributed by atoms with Crippen LogP contribution in [-0.2, 0) is 30.5 Å². The molecule has 14 nitrogen and oxygen atoms in total. The summed E-state index contributed by atoms with van der Waals surface area (Å²) in [6.45, 7) is 6.65. The minimum atomic E-state index is -0.852. The molecule has 328 valence electrons. The number of hydrogen-bond donors (Lipinski definition) is 3. The van der Waals surface area contributed by atoms with Gasteiger partial charge in [0.2, 0.25) is 17.7 Å². The van der Waals surface area contributed by atoms with Crippen molar-refractivity contribution in [3.05, 3.63) is 106 Å². The maximum atomic E-state index is 15.7. The monoisotopic (exact) mass is 857 g/mol. The number of unbranched alkanes of at least 4 members (excludes halogenated alkanes) is 2. The third-order valence-electron chi connectivity index (χ3n) is 11.4. The number of anilines is 2. The molecule has 2 aliphatic heterocycles. The van der Waals surface area contributed by atoms with Crippen molar-refractivity contribution >= 4 is 52.1 Å². The first kappa shape index (κ1) is 45.2. The number of rotatable bonds is 17.